The number of amides is 3. The first kappa shape index (κ1) is 18.3. The number of imide groups is 1. The van der Waals surface area contributed by atoms with Crippen LogP contribution in [0.4, 0.5) is 18.0 Å². The molecule has 8 heteroatoms. The Morgan fingerprint density at radius 1 is 1.29 bits per heavy atom. The Labute approximate surface area is 138 Å². The van der Waals surface area contributed by atoms with Crippen LogP contribution in [0.1, 0.15) is 30.9 Å². The molecule has 0 aromatic heterocycles. The second-order valence-corrected chi connectivity index (χ2v) is 5.98. The molecule has 0 heterocycles. The lowest BCUT2D eigenvalue weighted by Crippen LogP contribution is -2.48. The van der Waals surface area contributed by atoms with E-state index in [1.54, 1.807) is 0 Å². The molecule has 1 aliphatic rings. The second kappa shape index (κ2) is 7.21. The lowest BCUT2D eigenvalue weighted by atomic mass is 10.1. The van der Waals surface area contributed by atoms with Crippen molar-refractivity contribution in [3.8, 4) is 0 Å². The molecular formula is C16H20F3N3O2. The van der Waals surface area contributed by atoms with E-state index in [-0.39, 0.29) is 18.2 Å². The first-order valence-electron chi connectivity index (χ1n) is 7.65. The molecule has 132 valence electrons. The minimum absolute atomic E-state index is 0.0610. The van der Waals surface area contributed by atoms with Gasteiger partial charge in [-0.25, -0.2) is 4.79 Å². The molecule has 2 rings (SSSR count). The van der Waals surface area contributed by atoms with Gasteiger partial charge in [-0.3, -0.25) is 15.0 Å². The van der Waals surface area contributed by atoms with Crippen LogP contribution in [0.3, 0.4) is 0 Å². The summed E-state index contributed by atoms with van der Waals surface area (Å²) < 4.78 is 39.0. The SMILES string of the molecule is CC(C(=O)NC(=O)NC1CC1)N(C)Cc1ccccc1C(F)(F)F. The predicted molar refractivity (Wildman–Crippen MR) is 82.1 cm³/mol. The summed E-state index contributed by atoms with van der Waals surface area (Å²) in [6.07, 6.45) is -2.66. The maximum Gasteiger partial charge on any atom is 0.416 e. The van der Waals surface area contributed by atoms with Gasteiger partial charge in [-0.1, -0.05) is 18.2 Å². The number of alkyl halides is 3. The third kappa shape index (κ3) is 4.95. The maximum absolute atomic E-state index is 13.0. The quantitative estimate of drug-likeness (QED) is 0.864. The average Bonchev–Trinajstić information content (AvgIpc) is 3.29. The van der Waals surface area contributed by atoms with Crippen molar-refractivity contribution in [2.75, 3.05) is 7.05 Å². The zero-order valence-electron chi connectivity index (χ0n) is 13.5. The van der Waals surface area contributed by atoms with E-state index in [4.69, 9.17) is 0 Å². The number of likely N-dealkylation sites (N-methyl/N-ethyl adjacent to an activating group) is 1. The molecule has 0 spiro atoms. The highest BCUT2D eigenvalue weighted by molar-refractivity contribution is 5.96. The van der Waals surface area contributed by atoms with Gasteiger partial charge in [-0.05, 0) is 38.4 Å². The van der Waals surface area contributed by atoms with Crippen molar-refractivity contribution in [1.29, 1.82) is 0 Å². The lowest BCUT2D eigenvalue weighted by molar-refractivity contribution is -0.138. The van der Waals surface area contributed by atoms with Crippen LogP contribution in [0.5, 0.6) is 0 Å². The fourth-order valence-electron chi connectivity index (χ4n) is 2.21. The Balaban J connectivity index is 1.97. The summed E-state index contributed by atoms with van der Waals surface area (Å²) in [6.45, 7) is 1.48. The molecule has 1 atom stereocenters. The molecule has 0 radical (unpaired) electrons. The van der Waals surface area contributed by atoms with Gasteiger partial charge in [0, 0.05) is 12.6 Å². The molecule has 5 nitrogen and oxygen atoms in total. The van der Waals surface area contributed by atoms with Gasteiger partial charge < -0.3 is 5.32 Å². The lowest BCUT2D eigenvalue weighted by Gasteiger charge is -2.25. The Kier molecular flexibility index (Phi) is 5.48. The number of halogens is 3. The second-order valence-electron chi connectivity index (χ2n) is 5.98. The van der Waals surface area contributed by atoms with Gasteiger partial charge in [0.15, 0.2) is 0 Å². The van der Waals surface area contributed by atoms with Crippen LogP contribution in [0, 0.1) is 0 Å². The molecule has 2 N–H and O–H groups in total. The first-order chi connectivity index (χ1) is 11.2. The highest BCUT2D eigenvalue weighted by Gasteiger charge is 2.33. The summed E-state index contributed by atoms with van der Waals surface area (Å²) >= 11 is 0. The molecule has 1 saturated carbocycles. The van der Waals surface area contributed by atoms with Crippen molar-refractivity contribution in [3.05, 3.63) is 35.4 Å². The normalized spacial score (nSPS) is 15.9. The van der Waals surface area contributed by atoms with Crippen molar-refractivity contribution in [2.45, 2.75) is 44.6 Å². The van der Waals surface area contributed by atoms with E-state index in [9.17, 15) is 22.8 Å². The summed E-state index contributed by atoms with van der Waals surface area (Å²) in [6, 6.07) is 4.02. The topological polar surface area (TPSA) is 61.4 Å². The van der Waals surface area contributed by atoms with Crippen LogP contribution in [-0.2, 0) is 17.5 Å². The fraction of sp³-hybridized carbons (Fsp3) is 0.500. The van der Waals surface area contributed by atoms with Crippen LogP contribution in [0.2, 0.25) is 0 Å². The van der Waals surface area contributed by atoms with Crippen LogP contribution in [0.25, 0.3) is 0 Å². The molecule has 0 saturated heterocycles. The average molecular weight is 343 g/mol. The van der Waals surface area contributed by atoms with Gasteiger partial charge in [0.1, 0.15) is 0 Å². The summed E-state index contributed by atoms with van der Waals surface area (Å²) in [7, 11) is 1.54. The van der Waals surface area contributed by atoms with Crippen molar-refractivity contribution >= 4 is 11.9 Å². The Morgan fingerprint density at radius 2 is 1.92 bits per heavy atom. The highest BCUT2D eigenvalue weighted by Crippen LogP contribution is 2.32. The summed E-state index contributed by atoms with van der Waals surface area (Å²) in [4.78, 5) is 25.1. The van der Waals surface area contributed by atoms with E-state index in [1.807, 2.05) is 0 Å². The van der Waals surface area contributed by atoms with Crippen molar-refractivity contribution in [3.63, 3.8) is 0 Å². The van der Waals surface area contributed by atoms with Crippen LogP contribution >= 0.6 is 0 Å². The van der Waals surface area contributed by atoms with Gasteiger partial charge in [0.25, 0.3) is 0 Å². The van der Waals surface area contributed by atoms with Crippen molar-refractivity contribution < 1.29 is 22.8 Å². The molecule has 1 unspecified atom stereocenters. The van der Waals surface area contributed by atoms with Crippen molar-refractivity contribution in [1.82, 2.24) is 15.5 Å². The van der Waals surface area contributed by atoms with Crippen molar-refractivity contribution in [2.24, 2.45) is 0 Å². The highest BCUT2D eigenvalue weighted by atomic mass is 19.4. The van der Waals surface area contributed by atoms with E-state index >= 15 is 0 Å². The molecule has 3 amide bonds. The van der Waals surface area contributed by atoms with Gasteiger partial charge in [-0.2, -0.15) is 13.2 Å². The zero-order chi connectivity index (χ0) is 17.9. The minimum Gasteiger partial charge on any atom is -0.335 e. The Hall–Kier alpha value is -2.09. The Bertz CT molecular complexity index is 615. The van der Waals surface area contributed by atoms with E-state index in [1.165, 1.54) is 37.1 Å². The van der Waals surface area contributed by atoms with Gasteiger partial charge in [-0.15, -0.1) is 0 Å². The van der Waals surface area contributed by atoms with Crippen LogP contribution < -0.4 is 10.6 Å². The standard InChI is InChI=1S/C16H20F3N3O2/c1-10(14(23)21-15(24)20-12-7-8-12)22(2)9-11-5-3-4-6-13(11)16(17,18)19/h3-6,10,12H,7-9H2,1-2H3,(H2,20,21,23,24). The third-order valence-electron chi connectivity index (χ3n) is 3.93. The van der Waals surface area contributed by atoms with Gasteiger partial charge in [0.05, 0.1) is 11.6 Å². The monoisotopic (exact) mass is 343 g/mol. The molecule has 24 heavy (non-hydrogen) atoms. The number of hydrogen-bond donors (Lipinski definition) is 2. The largest absolute Gasteiger partial charge is 0.416 e. The number of nitrogens with one attached hydrogen (secondary N) is 2. The number of carbonyl (C=O) groups excluding carboxylic acids is 2. The summed E-state index contributed by atoms with van der Waals surface area (Å²) in [5, 5.41) is 4.83. The smallest absolute Gasteiger partial charge is 0.335 e. The van der Waals surface area contributed by atoms with E-state index < -0.39 is 29.7 Å². The molecular weight excluding hydrogens is 323 g/mol. The fourth-order valence-corrected chi connectivity index (χ4v) is 2.21. The number of nitrogens with zero attached hydrogens (tertiary/aromatic N) is 1. The molecule has 0 bridgehead atoms. The third-order valence-corrected chi connectivity index (χ3v) is 3.93. The van der Waals surface area contributed by atoms with E-state index in [0.29, 0.717) is 0 Å². The minimum atomic E-state index is -4.45. The van der Waals surface area contributed by atoms with Gasteiger partial charge in [0.2, 0.25) is 5.91 Å². The zero-order valence-corrected chi connectivity index (χ0v) is 13.5. The molecule has 1 fully saturated rings. The summed E-state index contributed by atoms with van der Waals surface area (Å²) in [5.41, 5.74) is -0.648. The maximum atomic E-state index is 13.0. The number of rotatable bonds is 5. The molecule has 1 aromatic carbocycles. The number of benzene rings is 1. The van der Waals surface area contributed by atoms with Gasteiger partial charge >= 0.3 is 12.2 Å². The molecule has 1 aliphatic carbocycles. The molecule has 0 aliphatic heterocycles. The number of carbonyl (C=O) groups is 2. The predicted octanol–water partition coefficient (Wildman–Crippen LogP) is 2.51. The van der Waals surface area contributed by atoms with E-state index in [0.717, 1.165) is 18.9 Å². The number of urea groups is 1. The van der Waals surface area contributed by atoms with Crippen LogP contribution in [-0.4, -0.2) is 36.0 Å². The first-order valence-corrected chi connectivity index (χ1v) is 7.65. The van der Waals surface area contributed by atoms with Crippen LogP contribution in [0.15, 0.2) is 24.3 Å². The Morgan fingerprint density at radius 3 is 2.50 bits per heavy atom. The summed E-state index contributed by atoms with van der Waals surface area (Å²) in [5.74, 6) is -0.555. The van der Waals surface area contributed by atoms with E-state index in [2.05, 4.69) is 10.6 Å². The number of hydrogen-bond acceptors (Lipinski definition) is 3. The molecule has 1 aromatic rings.